The molecule has 28 heavy (non-hydrogen) atoms. The number of halogens is 1. The molecule has 0 radical (unpaired) electrons. The van der Waals surface area contributed by atoms with Gasteiger partial charge in [-0.2, -0.15) is 4.98 Å². The number of benzene rings is 1. The van der Waals surface area contributed by atoms with Crippen molar-refractivity contribution in [2.45, 2.75) is 42.2 Å². The molecule has 3 saturated carbocycles. The lowest BCUT2D eigenvalue weighted by atomic mass is 9.50. The van der Waals surface area contributed by atoms with Gasteiger partial charge in [-0.05, 0) is 60.6 Å². The fraction of sp³-hybridized carbons (Fsp3) is 0.500. The van der Waals surface area contributed by atoms with Crippen molar-refractivity contribution in [1.29, 1.82) is 0 Å². The molecule has 1 unspecified atom stereocenters. The highest BCUT2D eigenvalue weighted by Gasteiger charge is 2.57. The van der Waals surface area contributed by atoms with E-state index in [2.05, 4.69) is 10.2 Å². The van der Waals surface area contributed by atoms with E-state index in [9.17, 15) is 8.94 Å². The average Bonchev–Trinajstić information content (AvgIpc) is 2.95. The average molecular weight is 400 g/mol. The molecular weight excluding hydrogens is 379 g/mol. The van der Waals surface area contributed by atoms with Crippen LogP contribution < -0.4 is 15.0 Å². The maximum atomic E-state index is 13.0. The second kappa shape index (κ2) is 5.97. The molecule has 4 fully saturated rings. The molecule has 6 nitrogen and oxygen atoms in total. The molecule has 3 aliphatic carbocycles. The van der Waals surface area contributed by atoms with Gasteiger partial charge in [0.1, 0.15) is 29.1 Å². The smallest absolute Gasteiger partial charge is 0.228 e. The number of aromatic nitrogens is 2. The third-order valence-corrected chi connectivity index (χ3v) is 7.80. The van der Waals surface area contributed by atoms with Crippen LogP contribution in [-0.2, 0) is 17.6 Å². The van der Waals surface area contributed by atoms with Gasteiger partial charge in [0.25, 0.3) is 0 Å². The van der Waals surface area contributed by atoms with E-state index in [1.807, 2.05) is 0 Å². The first-order valence-electron chi connectivity index (χ1n) is 9.82. The van der Waals surface area contributed by atoms with Gasteiger partial charge in [0.2, 0.25) is 10.8 Å². The minimum Gasteiger partial charge on any atom is -0.611 e. The summed E-state index contributed by atoms with van der Waals surface area (Å²) in [4.78, 5) is 12.4. The van der Waals surface area contributed by atoms with E-state index < -0.39 is 11.2 Å². The molecule has 1 N–H and O–H groups in total. The Morgan fingerprint density at radius 2 is 1.93 bits per heavy atom. The Morgan fingerprint density at radius 3 is 2.61 bits per heavy atom. The van der Waals surface area contributed by atoms with Gasteiger partial charge >= 0.3 is 0 Å². The van der Waals surface area contributed by atoms with Crippen LogP contribution in [0.3, 0.4) is 0 Å². The normalized spacial score (nSPS) is 30.1. The van der Waals surface area contributed by atoms with E-state index >= 15 is 0 Å². The number of rotatable bonds is 5. The fourth-order valence-electron chi connectivity index (χ4n) is 4.67. The predicted octanol–water partition coefficient (Wildman–Crippen LogP) is 2.51. The summed E-state index contributed by atoms with van der Waals surface area (Å²) in [5, 5.41) is 3.61. The van der Waals surface area contributed by atoms with Crippen LogP contribution >= 0.6 is 0 Å². The Morgan fingerprint density at radius 1 is 1.18 bits per heavy atom. The van der Waals surface area contributed by atoms with E-state index in [0.29, 0.717) is 30.5 Å². The number of nitrogens with one attached hydrogen (secondary N) is 1. The molecule has 1 aromatic carbocycles. The first-order valence-corrected chi connectivity index (χ1v) is 11.1. The van der Waals surface area contributed by atoms with E-state index in [0.717, 1.165) is 28.7 Å². The monoisotopic (exact) mass is 400 g/mol. The van der Waals surface area contributed by atoms with Crippen LogP contribution in [0.1, 0.15) is 25.0 Å². The zero-order valence-electron chi connectivity index (χ0n) is 15.4. The lowest BCUT2D eigenvalue weighted by molar-refractivity contribution is 0.00157. The first kappa shape index (κ1) is 16.9. The number of nitrogens with zero attached hydrogens (tertiary/aromatic N) is 3. The summed E-state index contributed by atoms with van der Waals surface area (Å²) in [6.07, 6.45) is 4.37. The number of hydrogen-bond acceptors (Lipinski definition) is 6. The van der Waals surface area contributed by atoms with Gasteiger partial charge < -0.3 is 19.5 Å². The van der Waals surface area contributed by atoms with Gasteiger partial charge in [-0.3, -0.25) is 0 Å². The SMILES string of the molecule is [O-][S+]1CCc2nc(N3CC(Oc4ccc(F)cc4)C3)nc(NC34CC(C3)C4)c21. The molecule has 2 aromatic rings. The second-order valence-corrected chi connectivity index (χ2v) is 9.94. The Labute approximate surface area is 165 Å². The number of fused-ring (bicyclic) bond motifs is 1. The van der Waals surface area contributed by atoms with E-state index in [-0.39, 0.29) is 17.5 Å². The maximum Gasteiger partial charge on any atom is 0.228 e. The van der Waals surface area contributed by atoms with Crippen molar-refractivity contribution < 1.29 is 13.7 Å². The van der Waals surface area contributed by atoms with Gasteiger partial charge in [0.15, 0.2) is 5.82 Å². The first-order chi connectivity index (χ1) is 13.6. The summed E-state index contributed by atoms with van der Waals surface area (Å²) in [5.41, 5.74) is 1.10. The molecule has 0 spiro atoms. The fourth-order valence-corrected chi connectivity index (χ4v) is 5.98. The zero-order chi connectivity index (χ0) is 18.9. The summed E-state index contributed by atoms with van der Waals surface area (Å²) in [6.45, 7) is 1.37. The van der Waals surface area contributed by atoms with Crippen LogP contribution in [0.25, 0.3) is 0 Å². The van der Waals surface area contributed by atoms with Crippen LogP contribution in [0.15, 0.2) is 29.2 Å². The topological polar surface area (TPSA) is 73.3 Å². The third-order valence-electron chi connectivity index (χ3n) is 6.34. The number of hydrogen-bond donors (Lipinski definition) is 1. The summed E-state index contributed by atoms with van der Waals surface area (Å²) >= 11 is -1.01. The summed E-state index contributed by atoms with van der Waals surface area (Å²) in [6, 6.07) is 6.09. The summed E-state index contributed by atoms with van der Waals surface area (Å²) in [7, 11) is 0. The Hall–Kier alpha value is -2.06. The number of anilines is 2. The molecule has 8 heteroatoms. The highest BCUT2D eigenvalue weighted by molar-refractivity contribution is 7.91. The highest BCUT2D eigenvalue weighted by Crippen LogP contribution is 2.59. The van der Waals surface area contributed by atoms with Crippen molar-refractivity contribution >= 4 is 22.9 Å². The molecule has 146 valence electrons. The van der Waals surface area contributed by atoms with Gasteiger partial charge in [-0.15, -0.1) is 0 Å². The minimum atomic E-state index is -1.01. The predicted molar refractivity (Wildman–Crippen MR) is 104 cm³/mol. The lowest BCUT2D eigenvalue weighted by Crippen LogP contribution is -2.63. The molecule has 1 aromatic heterocycles. The lowest BCUT2D eigenvalue weighted by Gasteiger charge is -2.62. The van der Waals surface area contributed by atoms with Crippen LogP contribution in [0, 0.1) is 11.7 Å². The quantitative estimate of drug-likeness (QED) is 0.778. The third kappa shape index (κ3) is 2.65. The van der Waals surface area contributed by atoms with Crippen LogP contribution in [0.2, 0.25) is 0 Å². The Balaban J connectivity index is 1.19. The summed E-state index contributed by atoms with van der Waals surface area (Å²) < 4.78 is 31.4. The van der Waals surface area contributed by atoms with Crippen molar-refractivity contribution in [3.05, 3.63) is 35.8 Å². The highest BCUT2D eigenvalue weighted by atomic mass is 32.2. The van der Waals surface area contributed by atoms with Gasteiger partial charge in [-0.25, -0.2) is 9.37 Å². The molecule has 1 atom stereocenters. The van der Waals surface area contributed by atoms with Crippen LogP contribution in [0.4, 0.5) is 16.2 Å². The van der Waals surface area contributed by atoms with Gasteiger partial charge in [0.05, 0.1) is 13.1 Å². The molecule has 2 aliphatic heterocycles. The zero-order valence-corrected chi connectivity index (χ0v) is 16.2. The van der Waals surface area contributed by atoms with Crippen molar-refractivity contribution in [3.8, 4) is 5.75 Å². The second-order valence-electron chi connectivity index (χ2n) is 8.43. The molecule has 3 heterocycles. The minimum absolute atomic E-state index is 0.0328. The molecule has 5 aliphatic rings. The maximum absolute atomic E-state index is 13.0. The van der Waals surface area contributed by atoms with Gasteiger partial charge in [-0.1, -0.05) is 0 Å². The standard InChI is InChI=1S/C20H21FN4O2S/c21-13-1-3-14(4-2-13)27-15-10-25(11-15)19-22-16-5-6-28(26)17(16)18(23-19)24-20-7-12(8-20)9-20/h1-4,12,15H,5-11H2,(H,22,23,24). The Bertz CT molecular complexity index is 918. The Kier molecular flexibility index (Phi) is 3.59. The van der Waals surface area contributed by atoms with Crippen LogP contribution in [-0.4, -0.2) is 45.0 Å². The van der Waals surface area contributed by atoms with E-state index in [1.54, 1.807) is 12.1 Å². The van der Waals surface area contributed by atoms with Crippen LogP contribution in [0.5, 0.6) is 5.75 Å². The largest absolute Gasteiger partial charge is 0.611 e. The molecular formula is C20H21FN4O2S. The molecule has 2 bridgehead atoms. The molecule has 0 amide bonds. The van der Waals surface area contributed by atoms with E-state index in [4.69, 9.17) is 14.7 Å². The number of aryl methyl sites for hydroxylation is 1. The van der Waals surface area contributed by atoms with Crippen molar-refractivity contribution in [2.75, 3.05) is 29.1 Å². The van der Waals surface area contributed by atoms with Crippen molar-refractivity contribution in [3.63, 3.8) is 0 Å². The number of ether oxygens (including phenoxy) is 1. The van der Waals surface area contributed by atoms with Crippen molar-refractivity contribution in [2.24, 2.45) is 5.92 Å². The van der Waals surface area contributed by atoms with Crippen molar-refractivity contribution in [1.82, 2.24) is 9.97 Å². The van der Waals surface area contributed by atoms with Gasteiger partial charge in [0, 0.05) is 12.0 Å². The molecule has 7 rings (SSSR count). The molecule has 1 saturated heterocycles. The van der Waals surface area contributed by atoms with E-state index in [1.165, 1.54) is 31.4 Å². The summed E-state index contributed by atoms with van der Waals surface area (Å²) in [5.74, 6) is 3.36.